The Hall–Kier alpha value is -1.33. The molecule has 0 unspecified atom stereocenters. The topological polar surface area (TPSA) is 35.5 Å². The number of benzene rings is 1. The first-order valence-electron chi connectivity index (χ1n) is 5.59. The first-order chi connectivity index (χ1) is 9.21. The molecule has 19 heavy (non-hydrogen) atoms. The molecule has 0 amide bonds. The van der Waals surface area contributed by atoms with E-state index < -0.39 is 5.97 Å². The van der Waals surface area contributed by atoms with Crippen LogP contribution >= 0.6 is 27.3 Å². The second-order valence-corrected chi connectivity index (χ2v) is 5.34. The maximum atomic E-state index is 11.8. The minimum atomic E-state index is -0.397. The second kappa shape index (κ2) is 6.21. The third-order valence-corrected chi connectivity index (χ3v) is 4.33. The van der Waals surface area contributed by atoms with Gasteiger partial charge < -0.3 is 9.47 Å². The summed E-state index contributed by atoms with van der Waals surface area (Å²) in [5.74, 6) is -0.397. The second-order valence-electron chi connectivity index (χ2n) is 3.87. The van der Waals surface area contributed by atoms with Gasteiger partial charge in [-0.25, -0.2) is 4.79 Å². The molecule has 0 atom stereocenters. The fourth-order valence-corrected chi connectivity index (χ4v) is 3.11. The molecule has 0 aliphatic heterocycles. The summed E-state index contributed by atoms with van der Waals surface area (Å²) in [5.41, 5.74) is 2.44. The van der Waals surface area contributed by atoms with Crippen LogP contribution in [0.25, 0.3) is 15.7 Å². The fourth-order valence-electron chi connectivity index (χ4n) is 1.82. The SMILES string of the molecule is COC=C(C(=O)OC)c1csc2ccc(CBr)cc12. The number of alkyl halides is 1. The molecule has 0 aliphatic rings. The Labute approximate surface area is 124 Å². The van der Waals surface area contributed by atoms with E-state index in [1.807, 2.05) is 5.38 Å². The quantitative estimate of drug-likeness (QED) is 0.366. The minimum absolute atomic E-state index is 0.397. The van der Waals surface area contributed by atoms with Gasteiger partial charge in [0.2, 0.25) is 0 Å². The van der Waals surface area contributed by atoms with Crippen molar-refractivity contribution in [3.05, 3.63) is 41.0 Å². The van der Waals surface area contributed by atoms with Crippen molar-refractivity contribution in [3.63, 3.8) is 0 Å². The zero-order valence-electron chi connectivity index (χ0n) is 10.6. The van der Waals surface area contributed by atoms with Gasteiger partial charge in [-0.1, -0.05) is 22.0 Å². The predicted molar refractivity (Wildman–Crippen MR) is 81.5 cm³/mol. The third kappa shape index (κ3) is 2.82. The number of hydrogen-bond acceptors (Lipinski definition) is 4. The van der Waals surface area contributed by atoms with Crippen LogP contribution in [0.1, 0.15) is 11.1 Å². The van der Waals surface area contributed by atoms with E-state index in [4.69, 9.17) is 9.47 Å². The number of carbonyl (C=O) groups is 1. The van der Waals surface area contributed by atoms with Crippen molar-refractivity contribution >= 4 is 48.9 Å². The lowest BCUT2D eigenvalue weighted by molar-refractivity contribution is -0.133. The molecule has 0 fully saturated rings. The molecule has 0 saturated heterocycles. The van der Waals surface area contributed by atoms with Crippen LogP contribution in [0.15, 0.2) is 29.8 Å². The lowest BCUT2D eigenvalue weighted by atomic mass is 10.0. The zero-order valence-corrected chi connectivity index (χ0v) is 13.0. The van der Waals surface area contributed by atoms with Crippen LogP contribution in [0.4, 0.5) is 0 Å². The Bertz CT molecular complexity index is 631. The summed E-state index contributed by atoms with van der Waals surface area (Å²) in [6.45, 7) is 0. The molecule has 3 nitrogen and oxygen atoms in total. The zero-order chi connectivity index (χ0) is 13.8. The van der Waals surface area contributed by atoms with E-state index in [1.54, 1.807) is 11.3 Å². The fraction of sp³-hybridized carbons (Fsp3) is 0.214. The van der Waals surface area contributed by atoms with Crippen molar-refractivity contribution in [1.82, 2.24) is 0 Å². The number of methoxy groups -OCH3 is 2. The summed E-state index contributed by atoms with van der Waals surface area (Å²) in [6.07, 6.45) is 1.42. The number of fused-ring (bicyclic) bond motifs is 1. The smallest absolute Gasteiger partial charge is 0.341 e. The van der Waals surface area contributed by atoms with Crippen LogP contribution in [0, 0.1) is 0 Å². The van der Waals surface area contributed by atoms with Crippen LogP contribution in [0.3, 0.4) is 0 Å². The Morgan fingerprint density at radius 2 is 2.21 bits per heavy atom. The van der Waals surface area contributed by atoms with Crippen LogP contribution in [-0.4, -0.2) is 20.2 Å². The van der Waals surface area contributed by atoms with E-state index in [9.17, 15) is 4.79 Å². The molecule has 0 spiro atoms. The Morgan fingerprint density at radius 3 is 2.84 bits per heavy atom. The summed E-state index contributed by atoms with van der Waals surface area (Å²) in [7, 11) is 2.88. The van der Waals surface area contributed by atoms with E-state index in [0.29, 0.717) is 5.57 Å². The summed E-state index contributed by atoms with van der Waals surface area (Å²) in [4.78, 5) is 11.8. The Morgan fingerprint density at radius 1 is 1.42 bits per heavy atom. The number of ether oxygens (including phenoxy) is 2. The van der Waals surface area contributed by atoms with Crippen LogP contribution in [0.5, 0.6) is 0 Å². The Balaban J connectivity index is 2.60. The van der Waals surface area contributed by atoms with Crippen molar-refractivity contribution in [2.45, 2.75) is 5.33 Å². The van der Waals surface area contributed by atoms with Crippen LogP contribution < -0.4 is 0 Å². The number of rotatable bonds is 4. The van der Waals surface area contributed by atoms with E-state index in [-0.39, 0.29) is 0 Å². The molecule has 5 heteroatoms. The molecule has 0 aliphatic carbocycles. The number of carbonyl (C=O) groups excluding carboxylic acids is 1. The lowest BCUT2D eigenvalue weighted by Gasteiger charge is -2.05. The summed E-state index contributed by atoms with van der Waals surface area (Å²) >= 11 is 5.03. The maximum Gasteiger partial charge on any atom is 0.341 e. The van der Waals surface area contributed by atoms with Gasteiger partial charge in [-0.05, 0) is 17.7 Å². The molecule has 100 valence electrons. The number of hydrogen-bond donors (Lipinski definition) is 0. The van der Waals surface area contributed by atoms with Crippen LogP contribution in [0.2, 0.25) is 0 Å². The molecule has 0 N–H and O–H groups in total. The number of thiophene rings is 1. The van der Waals surface area contributed by atoms with E-state index >= 15 is 0 Å². The van der Waals surface area contributed by atoms with Crippen molar-refractivity contribution in [2.24, 2.45) is 0 Å². The van der Waals surface area contributed by atoms with Gasteiger partial charge in [0.25, 0.3) is 0 Å². The Kier molecular flexibility index (Phi) is 4.61. The summed E-state index contributed by atoms with van der Waals surface area (Å²) in [5, 5.41) is 3.76. The number of esters is 1. The molecule has 2 rings (SSSR count). The average Bonchev–Trinajstić information content (AvgIpc) is 2.86. The van der Waals surface area contributed by atoms with Gasteiger partial charge in [0.15, 0.2) is 0 Å². The summed E-state index contributed by atoms with van der Waals surface area (Å²) in [6, 6.07) is 6.19. The molecule has 2 aromatic rings. The predicted octanol–water partition coefficient (Wildman–Crippen LogP) is 3.96. The highest BCUT2D eigenvalue weighted by Gasteiger charge is 2.17. The van der Waals surface area contributed by atoms with E-state index in [2.05, 4.69) is 34.1 Å². The highest BCUT2D eigenvalue weighted by atomic mass is 79.9. The lowest BCUT2D eigenvalue weighted by Crippen LogP contribution is -2.04. The van der Waals surface area contributed by atoms with Gasteiger partial charge in [-0.15, -0.1) is 11.3 Å². The molecule has 1 heterocycles. The number of halogens is 1. The monoisotopic (exact) mass is 340 g/mol. The summed E-state index contributed by atoms with van der Waals surface area (Å²) < 4.78 is 10.9. The highest BCUT2D eigenvalue weighted by molar-refractivity contribution is 9.08. The van der Waals surface area contributed by atoms with Gasteiger partial charge in [-0.3, -0.25) is 0 Å². The highest BCUT2D eigenvalue weighted by Crippen LogP contribution is 2.32. The van der Waals surface area contributed by atoms with Gasteiger partial charge in [-0.2, -0.15) is 0 Å². The standard InChI is InChI=1S/C14H13BrO3S/c1-17-7-11(14(16)18-2)12-8-19-13-4-3-9(6-15)5-10(12)13/h3-5,7-8H,6H2,1-2H3. The largest absolute Gasteiger partial charge is 0.503 e. The molecule has 0 saturated carbocycles. The molecule has 0 bridgehead atoms. The van der Waals surface area contributed by atoms with Gasteiger partial charge in [0.1, 0.15) is 5.57 Å². The van der Waals surface area contributed by atoms with Crippen molar-refractivity contribution in [1.29, 1.82) is 0 Å². The normalized spacial score (nSPS) is 11.6. The van der Waals surface area contributed by atoms with E-state index in [1.165, 1.54) is 20.5 Å². The first-order valence-corrected chi connectivity index (χ1v) is 7.59. The van der Waals surface area contributed by atoms with Gasteiger partial charge >= 0.3 is 5.97 Å². The van der Waals surface area contributed by atoms with E-state index in [0.717, 1.165) is 26.5 Å². The molecule has 0 radical (unpaired) electrons. The minimum Gasteiger partial charge on any atom is -0.503 e. The van der Waals surface area contributed by atoms with Crippen molar-refractivity contribution in [3.8, 4) is 0 Å². The maximum absolute atomic E-state index is 11.8. The molecule has 1 aromatic carbocycles. The van der Waals surface area contributed by atoms with Crippen molar-refractivity contribution < 1.29 is 14.3 Å². The third-order valence-electron chi connectivity index (χ3n) is 2.72. The van der Waals surface area contributed by atoms with Gasteiger partial charge in [0, 0.05) is 26.4 Å². The van der Waals surface area contributed by atoms with Crippen molar-refractivity contribution in [2.75, 3.05) is 14.2 Å². The molecular weight excluding hydrogens is 328 g/mol. The first kappa shape index (κ1) is 14.1. The average molecular weight is 341 g/mol. The van der Waals surface area contributed by atoms with Crippen LogP contribution in [-0.2, 0) is 19.6 Å². The van der Waals surface area contributed by atoms with Gasteiger partial charge in [0.05, 0.1) is 20.5 Å². The molecular formula is C14H13BrO3S. The molecule has 1 aromatic heterocycles.